The van der Waals surface area contributed by atoms with Crippen LogP contribution >= 0.6 is 11.8 Å². The first-order valence-electron chi connectivity index (χ1n) is 4.84. The van der Waals surface area contributed by atoms with Crippen LogP contribution in [0.5, 0.6) is 0 Å². The molecule has 5 nitrogen and oxygen atoms in total. The number of carbonyl (C=O) groups excluding carboxylic acids is 1. The Bertz CT molecular complexity index is 514. The highest BCUT2D eigenvalue weighted by molar-refractivity contribution is 8.00. The lowest BCUT2D eigenvalue weighted by Crippen LogP contribution is -2.25. The first kappa shape index (κ1) is 14.0. The molecule has 0 saturated carbocycles. The van der Waals surface area contributed by atoms with Crippen LogP contribution in [0.4, 0.5) is 4.39 Å². The van der Waals surface area contributed by atoms with E-state index in [1.807, 2.05) is 0 Å². The normalized spacial score (nSPS) is 9.56. The predicted octanol–water partition coefficient (Wildman–Crippen LogP) is 1.26. The fourth-order valence-electron chi connectivity index (χ4n) is 1.08. The van der Waals surface area contributed by atoms with Crippen LogP contribution < -0.4 is 5.32 Å². The fourth-order valence-corrected chi connectivity index (χ4v) is 1.88. The minimum atomic E-state index is -1.16. The number of carboxylic acid groups (broad SMARTS) is 1. The number of halogens is 1. The zero-order valence-corrected chi connectivity index (χ0v) is 9.96. The molecule has 1 aromatic carbocycles. The molecule has 18 heavy (non-hydrogen) atoms. The molecule has 0 fully saturated rings. The van der Waals surface area contributed by atoms with Crippen LogP contribution in [0.25, 0.3) is 0 Å². The Morgan fingerprint density at radius 3 is 2.83 bits per heavy atom. The summed E-state index contributed by atoms with van der Waals surface area (Å²) in [6.45, 7) is -0.114. The summed E-state index contributed by atoms with van der Waals surface area (Å²) in [7, 11) is 0. The fraction of sp³-hybridized carbons (Fsp3) is 0.182. The smallest absolute Gasteiger partial charge is 0.335 e. The third-order valence-electron chi connectivity index (χ3n) is 1.90. The molecule has 0 aliphatic heterocycles. The number of hydrogen-bond donors (Lipinski definition) is 2. The van der Waals surface area contributed by atoms with E-state index in [0.717, 1.165) is 23.9 Å². The summed E-state index contributed by atoms with van der Waals surface area (Å²) in [5, 5.41) is 19.3. The standard InChI is InChI=1S/C11H9FN2O3S/c12-8-2-1-7(11(16)17)5-9(8)18-6-10(15)14-4-3-13/h1-2,5H,4,6H2,(H,14,15)(H,16,17). The van der Waals surface area contributed by atoms with Crippen molar-refractivity contribution >= 4 is 23.6 Å². The number of nitrogens with zero attached hydrogens (tertiary/aromatic N) is 1. The van der Waals surface area contributed by atoms with Gasteiger partial charge in [0.2, 0.25) is 5.91 Å². The molecule has 0 aromatic heterocycles. The lowest BCUT2D eigenvalue weighted by atomic mass is 10.2. The summed E-state index contributed by atoms with van der Waals surface area (Å²) >= 11 is 0.877. The van der Waals surface area contributed by atoms with Gasteiger partial charge < -0.3 is 10.4 Å². The molecule has 0 radical (unpaired) electrons. The van der Waals surface area contributed by atoms with E-state index in [2.05, 4.69) is 5.32 Å². The molecule has 0 heterocycles. The Kier molecular flexibility index (Phi) is 5.14. The van der Waals surface area contributed by atoms with Crippen molar-refractivity contribution < 1.29 is 19.1 Å². The predicted molar refractivity (Wildman–Crippen MR) is 62.7 cm³/mol. The Morgan fingerprint density at radius 2 is 2.22 bits per heavy atom. The van der Waals surface area contributed by atoms with Gasteiger partial charge in [0.1, 0.15) is 12.4 Å². The van der Waals surface area contributed by atoms with Gasteiger partial charge >= 0.3 is 5.97 Å². The van der Waals surface area contributed by atoms with E-state index in [4.69, 9.17) is 10.4 Å². The number of carboxylic acids is 1. The molecule has 2 N–H and O–H groups in total. The third kappa shape index (κ3) is 4.07. The zero-order valence-electron chi connectivity index (χ0n) is 9.14. The molecular weight excluding hydrogens is 259 g/mol. The number of benzene rings is 1. The first-order chi connectivity index (χ1) is 8.54. The molecule has 1 aromatic rings. The van der Waals surface area contributed by atoms with Crippen molar-refractivity contribution in [2.75, 3.05) is 12.3 Å². The van der Waals surface area contributed by atoms with Gasteiger partial charge in [-0.3, -0.25) is 4.79 Å². The van der Waals surface area contributed by atoms with Gasteiger partial charge in [-0.05, 0) is 18.2 Å². The van der Waals surface area contributed by atoms with Gasteiger partial charge in [-0.15, -0.1) is 11.8 Å². The molecule has 0 spiro atoms. The van der Waals surface area contributed by atoms with Gasteiger partial charge in [-0.25, -0.2) is 9.18 Å². The van der Waals surface area contributed by atoms with Crippen molar-refractivity contribution in [3.05, 3.63) is 29.6 Å². The number of hydrogen-bond acceptors (Lipinski definition) is 4. The molecule has 1 rings (SSSR count). The van der Waals surface area contributed by atoms with Crippen LogP contribution in [0.1, 0.15) is 10.4 Å². The lowest BCUT2D eigenvalue weighted by molar-refractivity contribution is -0.118. The van der Waals surface area contributed by atoms with Crippen LogP contribution in [0.2, 0.25) is 0 Å². The number of rotatable bonds is 5. The average Bonchev–Trinajstić information content (AvgIpc) is 2.35. The van der Waals surface area contributed by atoms with Gasteiger partial charge in [0.25, 0.3) is 0 Å². The van der Waals surface area contributed by atoms with E-state index in [1.54, 1.807) is 6.07 Å². The Hall–Kier alpha value is -2.07. The SMILES string of the molecule is N#CCNC(=O)CSc1cc(C(=O)O)ccc1F. The summed E-state index contributed by atoms with van der Waals surface area (Å²) in [6.07, 6.45) is 0. The van der Waals surface area contributed by atoms with Crippen molar-refractivity contribution in [3.8, 4) is 6.07 Å². The molecule has 0 aliphatic carbocycles. The molecule has 0 bridgehead atoms. The Balaban J connectivity index is 2.67. The van der Waals surface area contributed by atoms with E-state index in [9.17, 15) is 14.0 Å². The number of carbonyl (C=O) groups is 2. The Morgan fingerprint density at radius 1 is 1.50 bits per heavy atom. The highest BCUT2D eigenvalue weighted by atomic mass is 32.2. The molecule has 1 amide bonds. The number of amides is 1. The van der Waals surface area contributed by atoms with Crippen molar-refractivity contribution in [1.82, 2.24) is 5.32 Å². The molecule has 0 atom stereocenters. The number of nitrogens with one attached hydrogen (secondary N) is 1. The maximum Gasteiger partial charge on any atom is 0.335 e. The van der Waals surface area contributed by atoms with Gasteiger partial charge in [0.05, 0.1) is 17.4 Å². The van der Waals surface area contributed by atoms with Crippen molar-refractivity contribution in [2.45, 2.75) is 4.90 Å². The van der Waals surface area contributed by atoms with Crippen molar-refractivity contribution in [3.63, 3.8) is 0 Å². The highest BCUT2D eigenvalue weighted by Crippen LogP contribution is 2.22. The second-order valence-electron chi connectivity index (χ2n) is 3.17. The van der Waals surface area contributed by atoms with E-state index in [-0.39, 0.29) is 22.8 Å². The summed E-state index contributed by atoms with van der Waals surface area (Å²) in [6, 6.07) is 5.10. The van der Waals surface area contributed by atoms with Gasteiger partial charge in [-0.2, -0.15) is 5.26 Å². The van der Waals surface area contributed by atoms with E-state index >= 15 is 0 Å². The summed E-state index contributed by atoms with van der Waals surface area (Å²) < 4.78 is 13.3. The second kappa shape index (κ2) is 6.61. The summed E-state index contributed by atoms with van der Waals surface area (Å²) in [5.74, 6) is -2.24. The summed E-state index contributed by atoms with van der Waals surface area (Å²) in [4.78, 5) is 22.0. The maximum absolute atomic E-state index is 13.3. The molecule has 94 valence electrons. The largest absolute Gasteiger partial charge is 0.478 e. The van der Waals surface area contributed by atoms with Crippen LogP contribution in [-0.2, 0) is 4.79 Å². The van der Waals surface area contributed by atoms with E-state index in [1.165, 1.54) is 6.07 Å². The summed E-state index contributed by atoms with van der Waals surface area (Å²) in [5.41, 5.74) is -0.0451. The third-order valence-corrected chi connectivity index (χ3v) is 2.93. The molecule has 7 heteroatoms. The zero-order chi connectivity index (χ0) is 13.5. The van der Waals surface area contributed by atoms with Gasteiger partial charge in [0.15, 0.2) is 0 Å². The molecule has 0 unspecified atom stereocenters. The van der Waals surface area contributed by atoms with Gasteiger partial charge in [0, 0.05) is 4.90 Å². The number of aromatic carboxylic acids is 1. The molecule has 0 aliphatic rings. The minimum absolute atomic E-state index is 0.0451. The quantitative estimate of drug-likeness (QED) is 0.619. The van der Waals surface area contributed by atoms with Crippen molar-refractivity contribution in [1.29, 1.82) is 5.26 Å². The average molecular weight is 268 g/mol. The molecular formula is C11H9FN2O3S. The number of thioether (sulfide) groups is 1. The first-order valence-corrected chi connectivity index (χ1v) is 5.82. The van der Waals surface area contributed by atoms with Crippen LogP contribution in [0, 0.1) is 17.1 Å². The van der Waals surface area contributed by atoms with Crippen molar-refractivity contribution in [2.24, 2.45) is 0 Å². The van der Waals surface area contributed by atoms with Crippen LogP contribution in [-0.4, -0.2) is 29.3 Å². The highest BCUT2D eigenvalue weighted by Gasteiger charge is 2.10. The lowest BCUT2D eigenvalue weighted by Gasteiger charge is -2.04. The molecule has 0 saturated heterocycles. The topological polar surface area (TPSA) is 90.2 Å². The van der Waals surface area contributed by atoms with E-state index in [0.29, 0.717) is 0 Å². The maximum atomic E-state index is 13.3. The van der Waals surface area contributed by atoms with Gasteiger partial charge in [-0.1, -0.05) is 0 Å². The Labute approximate surface area is 107 Å². The number of nitriles is 1. The van der Waals surface area contributed by atoms with E-state index < -0.39 is 17.7 Å². The minimum Gasteiger partial charge on any atom is -0.478 e. The van der Waals surface area contributed by atoms with Crippen LogP contribution in [0.3, 0.4) is 0 Å². The monoisotopic (exact) mass is 268 g/mol. The second-order valence-corrected chi connectivity index (χ2v) is 4.19. The van der Waals surface area contributed by atoms with Crippen LogP contribution in [0.15, 0.2) is 23.1 Å².